The number of halogens is 4. The minimum atomic E-state index is -4.45. The van der Waals surface area contributed by atoms with Crippen molar-refractivity contribution in [2.45, 2.75) is 19.0 Å². The second kappa shape index (κ2) is 4.76. The van der Waals surface area contributed by atoms with Crippen LogP contribution in [0, 0.1) is 0 Å². The van der Waals surface area contributed by atoms with E-state index in [4.69, 9.17) is 11.6 Å². The summed E-state index contributed by atoms with van der Waals surface area (Å²) < 4.78 is 37.7. The van der Waals surface area contributed by atoms with Crippen LogP contribution in [0.5, 0.6) is 0 Å². The number of alkyl halides is 3. The van der Waals surface area contributed by atoms with Gasteiger partial charge in [-0.25, -0.2) is 4.98 Å². The molecule has 18 heavy (non-hydrogen) atoms. The third-order valence-electron chi connectivity index (χ3n) is 2.81. The number of pyridine rings is 1. The summed E-state index contributed by atoms with van der Waals surface area (Å²) in [5, 5.41) is 0.0253. The van der Waals surface area contributed by atoms with Crippen LogP contribution >= 0.6 is 11.6 Å². The van der Waals surface area contributed by atoms with Gasteiger partial charge in [0.05, 0.1) is 11.3 Å². The first kappa shape index (κ1) is 13.1. The van der Waals surface area contributed by atoms with Crippen molar-refractivity contribution in [2.75, 3.05) is 18.0 Å². The Kier molecular flexibility index (Phi) is 3.47. The van der Waals surface area contributed by atoms with Gasteiger partial charge in [-0.2, -0.15) is 13.2 Å². The van der Waals surface area contributed by atoms with Gasteiger partial charge in [-0.05, 0) is 6.07 Å². The van der Waals surface area contributed by atoms with Gasteiger partial charge in [0.25, 0.3) is 0 Å². The molecule has 0 N–H and O–H groups in total. The molecule has 0 atom stereocenters. The molecule has 1 aromatic rings. The summed E-state index contributed by atoms with van der Waals surface area (Å²) in [5.74, 6) is 0.113. The van der Waals surface area contributed by atoms with Crippen molar-refractivity contribution in [1.29, 1.82) is 0 Å². The van der Waals surface area contributed by atoms with Crippen LogP contribution in [0.3, 0.4) is 0 Å². The average Bonchev–Trinajstić information content (AvgIpc) is 2.29. The standard InChI is InChI=1S/C11H10ClF3N2O/c12-10-9(17-3-1-8(18)2-4-17)5-7(6-16-10)11(13,14)15/h5-6H,1-4H2. The van der Waals surface area contributed by atoms with Crippen molar-refractivity contribution in [2.24, 2.45) is 0 Å². The number of hydrogen-bond donors (Lipinski definition) is 0. The summed E-state index contributed by atoms with van der Waals surface area (Å²) in [4.78, 5) is 16.3. The van der Waals surface area contributed by atoms with Crippen LogP contribution < -0.4 is 4.90 Å². The van der Waals surface area contributed by atoms with Gasteiger partial charge in [0, 0.05) is 32.1 Å². The second-order valence-electron chi connectivity index (χ2n) is 4.06. The van der Waals surface area contributed by atoms with E-state index in [1.807, 2.05) is 0 Å². The van der Waals surface area contributed by atoms with Crippen LogP contribution in [-0.2, 0) is 11.0 Å². The molecule has 2 heterocycles. The zero-order valence-electron chi connectivity index (χ0n) is 9.30. The van der Waals surface area contributed by atoms with Crippen LogP contribution in [0.1, 0.15) is 18.4 Å². The van der Waals surface area contributed by atoms with Crippen molar-refractivity contribution < 1.29 is 18.0 Å². The number of carbonyl (C=O) groups excluding carboxylic acids is 1. The normalized spacial score (nSPS) is 17.1. The van der Waals surface area contributed by atoms with E-state index in [1.165, 1.54) is 0 Å². The van der Waals surface area contributed by atoms with E-state index in [0.717, 1.165) is 6.07 Å². The highest BCUT2D eigenvalue weighted by atomic mass is 35.5. The van der Waals surface area contributed by atoms with Crippen LogP contribution in [0.4, 0.5) is 18.9 Å². The highest BCUT2D eigenvalue weighted by molar-refractivity contribution is 6.32. The first-order valence-corrected chi connectivity index (χ1v) is 5.75. The number of ketones is 1. The van der Waals surface area contributed by atoms with Gasteiger partial charge < -0.3 is 4.90 Å². The van der Waals surface area contributed by atoms with E-state index in [9.17, 15) is 18.0 Å². The summed E-state index contributed by atoms with van der Waals surface area (Å²) in [7, 11) is 0. The lowest BCUT2D eigenvalue weighted by Crippen LogP contribution is -2.34. The zero-order valence-corrected chi connectivity index (χ0v) is 10.1. The fraction of sp³-hybridized carbons (Fsp3) is 0.455. The SMILES string of the molecule is O=C1CCN(c2cc(C(F)(F)F)cnc2Cl)CC1. The lowest BCUT2D eigenvalue weighted by molar-refractivity contribution is -0.137. The lowest BCUT2D eigenvalue weighted by Gasteiger charge is -2.28. The van der Waals surface area contributed by atoms with Gasteiger partial charge in [-0.15, -0.1) is 0 Å². The highest BCUT2D eigenvalue weighted by Gasteiger charge is 2.32. The molecule has 3 nitrogen and oxygen atoms in total. The smallest absolute Gasteiger partial charge is 0.368 e. The van der Waals surface area contributed by atoms with Crippen molar-refractivity contribution in [3.05, 3.63) is 23.0 Å². The third kappa shape index (κ3) is 2.75. The van der Waals surface area contributed by atoms with Gasteiger partial charge in [-0.3, -0.25) is 4.79 Å². The molecule has 0 unspecified atom stereocenters. The summed E-state index contributed by atoms with van der Waals surface area (Å²) in [6, 6.07) is 0.977. The average molecular weight is 279 g/mol. The molecule has 7 heteroatoms. The number of aromatic nitrogens is 1. The molecule has 0 amide bonds. The molecule has 0 saturated carbocycles. The minimum Gasteiger partial charge on any atom is -0.368 e. The van der Waals surface area contributed by atoms with E-state index < -0.39 is 11.7 Å². The maximum absolute atomic E-state index is 12.6. The molecule has 0 bridgehead atoms. The number of piperidine rings is 1. The Labute approximate surface area is 107 Å². The Morgan fingerprint density at radius 2 is 1.89 bits per heavy atom. The predicted octanol–water partition coefficient (Wildman–Crippen LogP) is 2.92. The number of Topliss-reactive ketones (excluding diaryl/α,β-unsaturated/α-hetero) is 1. The van der Waals surface area contributed by atoms with Crippen molar-refractivity contribution in [3.63, 3.8) is 0 Å². The molecule has 1 aliphatic rings. The zero-order chi connectivity index (χ0) is 13.3. The number of carbonyl (C=O) groups is 1. The van der Waals surface area contributed by atoms with Crippen LogP contribution in [0.25, 0.3) is 0 Å². The molecule has 1 saturated heterocycles. The fourth-order valence-electron chi connectivity index (χ4n) is 1.81. The molecule has 0 radical (unpaired) electrons. The van der Waals surface area contributed by atoms with Crippen molar-refractivity contribution in [1.82, 2.24) is 4.98 Å². The van der Waals surface area contributed by atoms with Crippen molar-refractivity contribution in [3.8, 4) is 0 Å². The van der Waals surface area contributed by atoms with Crippen LogP contribution in [0.2, 0.25) is 5.15 Å². The maximum atomic E-state index is 12.6. The molecule has 1 fully saturated rings. The van der Waals surface area contributed by atoms with Gasteiger partial charge in [0.1, 0.15) is 5.78 Å². The fourth-order valence-corrected chi connectivity index (χ4v) is 2.03. The number of anilines is 1. The highest BCUT2D eigenvalue weighted by Crippen LogP contribution is 2.34. The molecule has 1 aliphatic heterocycles. The molecular formula is C11H10ClF3N2O. The summed E-state index contributed by atoms with van der Waals surface area (Å²) >= 11 is 5.81. The van der Waals surface area contributed by atoms with E-state index in [-0.39, 0.29) is 16.6 Å². The first-order valence-electron chi connectivity index (χ1n) is 5.37. The Balaban J connectivity index is 2.29. The Morgan fingerprint density at radius 3 is 2.44 bits per heavy atom. The molecule has 0 spiro atoms. The summed E-state index contributed by atoms with van der Waals surface area (Å²) in [6.45, 7) is 0.753. The molecule has 0 aliphatic carbocycles. The van der Waals surface area contributed by atoms with Crippen molar-refractivity contribution >= 4 is 23.1 Å². The lowest BCUT2D eigenvalue weighted by atomic mass is 10.1. The quantitative estimate of drug-likeness (QED) is 0.741. The first-order chi connectivity index (χ1) is 8.38. The van der Waals surface area contributed by atoms with Gasteiger partial charge in [0.15, 0.2) is 5.15 Å². The largest absolute Gasteiger partial charge is 0.417 e. The van der Waals surface area contributed by atoms with E-state index in [1.54, 1.807) is 4.90 Å². The molecule has 98 valence electrons. The molecule has 1 aromatic heterocycles. The predicted molar refractivity (Wildman–Crippen MR) is 60.7 cm³/mol. The number of rotatable bonds is 1. The Morgan fingerprint density at radius 1 is 1.28 bits per heavy atom. The van der Waals surface area contributed by atoms with E-state index in [2.05, 4.69) is 4.98 Å². The monoisotopic (exact) mass is 278 g/mol. The Hall–Kier alpha value is -1.30. The summed E-state index contributed by atoms with van der Waals surface area (Å²) in [5.41, 5.74) is -0.599. The third-order valence-corrected chi connectivity index (χ3v) is 3.10. The Bertz CT molecular complexity index is 466. The topological polar surface area (TPSA) is 33.2 Å². The second-order valence-corrected chi connectivity index (χ2v) is 4.42. The number of hydrogen-bond acceptors (Lipinski definition) is 3. The van der Waals surface area contributed by atoms with Crippen LogP contribution in [0.15, 0.2) is 12.3 Å². The van der Waals surface area contributed by atoms with E-state index >= 15 is 0 Å². The minimum absolute atomic E-state index is 0.0253. The van der Waals surface area contributed by atoms with Crippen LogP contribution in [-0.4, -0.2) is 23.9 Å². The van der Waals surface area contributed by atoms with E-state index in [0.29, 0.717) is 32.1 Å². The molecule has 2 rings (SSSR count). The van der Waals surface area contributed by atoms with Gasteiger partial charge >= 0.3 is 6.18 Å². The summed E-state index contributed by atoms with van der Waals surface area (Å²) in [6.07, 6.45) is -3.09. The van der Waals surface area contributed by atoms with Gasteiger partial charge in [-0.1, -0.05) is 11.6 Å². The maximum Gasteiger partial charge on any atom is 0.417 e. The molecular weight excluding hydrogens is 269 g/mol. The number of nitrogens with zero attached hydrogens (tertiary/aromatic N) is 2. The van der Waals surface area contributed by atoms with Gasteiger partial charge in [0.2, 0.25) is 0 Å². The molecule has 0 aromatic carbocycles.